The second kappa shape index (κ2) is 15.8. The van der Waals surface area contributed by atoms with Crippen LogP contribution in [0.25, 0.3) is 0 Å². The third-order valence-corrected chi connectivity index (χ3v) is 9.53. The highest BCUT2D eigenvalue weighted by Crippen LogP contribution is 2.36. The van der Waals surface area contributed by atoms with Crippen LogP contribution in [-0.2, 0) is 18.9 Å². The molecule has 2 heterocycles. The van der Waals surface area contributed by atoms with Gasteiger partial charge in [0.25, 0.3) is 0 Å². The molecule has 0 bridgehead atoms. The zero-order valence-corrected chi connectivity index (χ0v) is 24.6. The van der Waals surface area contributed by atoms with Gasteiger partial charge in [0.15, 0.2) is 12.6 Å². The summed E-state index contributed by atoms with van der Waals surface area (Å²) in [6.45, 7) is 0.220. The van der Waals surface area contributed by atoms with E-state index in [0.29, 0.717) is 38.1 Å². The van der Waals surface area contributed by atoms with Gasteiger partial charge in [-0.15, -0.1) is 0 Å². The van der Waals surface area contributed by atoms with Crippen molar-refractivity contribution >= 4 is 0 Å². The predicted octanol–water partition coefficient (Wildman–Crippen LogP) is -5.54. The van der Waals surface area contributed by atoms with Crippen LogP contribution in [0.4, 0.5) is 0 Å². The minimum atomic E-state index is -1.46. The number of aliphatic hydroxyl groups is 6. The third kappa shape index (κ3) is 8.40. The highest BCUT2D eigenvalue weighted by atomic mass is 16.7. The summed E-state index contributed by atoms with van der Waals surface area (Å²) in [5.41, 5.74) is 29.9. The molecule has 0 aromatic carbocycles. The first-order chi connectivity index (χ1) is 20.5. The summed E-state index contributed by atoms with van der Waals surface area (Å²) < 4.78 is 24.2. The summed E-state index contributed by atoms with van der Waals surface area (Å²) in [5.74, 6) is -0.000320. The molecule has 16 heteroatoms. The van der Waals surface area contributed by atoms with Crippen molar-refractivity contribution in [3.05, 3.63) is 0 Å². The van der Waals surface area contributed by atoms with Gasteiger partial charge in [0.1, 0.15) is 30.5 Å². The van der Waals surface area contributed by atoms with Crippen LogP contribution >= 0.6 is 0 Å². The average Bonchev–Trinajstić information content (AvgIpc) is 2.97. The van der Waals surface area contributed by atoms with E-state index in [1.807, 2.05) is 0 Å². The van der Waals surface area contributed by atoms with Crippen molar-refractivity contribution < 1.29 is 49.6 Å². The van der Waals surface area contributed by atoms with Crippen LogP contribution in [0.3, 0.4) is 0 Å². The van der Waals surface area contributed by atoms with Gasteiger partial charge in [-0.05, 0) is 56.9 Å². The summed E-state index contributed by atoms with van der Waals surface area (Å²) in [6.07, 6.45) is -8.63. The van der Waals surface area contributed by atoms with Crippen LogP contribution in [0, 0.1) is 11.8 Å². The average molecular weight is 623 g/mol. The maximum absolute atomic E-state index is 11.7. The number of nitrogens with two attached hydrogens (primary N) is 5. The van der Waals surface area contributed by atoms with Gasteiger partial charge in [0.05, 0.1) is 43.1 Å². The molecule has 2 saturated carbocycles. The summed E-state index contributed by atoms with van der Waals surface area (Å²) in [7, 11) is 0. The Morgan fingerprint density at radius 2 is 1.51 bits per heavy atom. The molecule has 0 aromatic heterocycles. The van der Waals surface area contributed by atoms with E-state index in [-0.39, 0.29) is 19.1 Å². The van der Waals surface area contributed by atoms with Crippen molar-refractivity contribution in [2.75, 3.05) is 26.2 Å². The normalized spacial score (nSPS) is 48.1. The third-order valence-electron chi connectivity index (χ3n) is 9.53. The number of hydrogen-bond donors (Lipinski definition) is 12. The smallest absolute Gasteiger partial charge is 0.186 e. The molecule has 1 unspecified atom stereocenters. The lowest BCUT2D eigenvalue weighted by molar-refractivity contribution is -0.321. The van der Waals surface area contributed by atoms with Gasteiger partial charge in [-0.25, -0.2) is 0 Å². The zero-order valence-electron chi connectivity index (χ0n) is 24.6. The second-order valence-electron chi connectivity index (χ2n) is 12.8. The van der Waals surface area contributed by atoms with Gasteiger partial charge < -0.3 is 83.6 Å². The largest absolute Gasteiger partial charge is 0.394 e. The van der Waals surface area contributed by atoms with Gasteiger partial charge in [-0.3, -0.25) is 0 Å². The van der Waals surface area contributed by atoms with Gasteiger partial charge in [-0.2, -0.15) is 0 Å². The first-order valence-electron chi connectivity index (χ1n) is 15.5. The fraction of sp³-hybridized carbons (Fsp3) is 1.00. The maximum atomic E-state index is 11.7. The lowest BCUT2D eigenvalue weighted by atomic mass is 9.77. The summed E-state index contributed by atoms with van der Waals surface area (Å²) in [6, 6.07) is -2.06. The van der Waals surface area contributed by atoms with Gasteiger partial charge in [0, 0.05) is 25.2 Å². The van der Waals surface area contributed by atoms with Gasteiger partial charge >= 0.3 is 0 Å². The van der Waals surface area contributed by atoms with Gasteiger partial charge in [-0.1, -0.05) is 0 Å². The molecule has 2 aliphatic carbocycles. The Morgan fingerprint density at radius 3 is 2.14 bits per heavy atom. The molecule has 0 radical (unpaired) electrons. The van der Waals surface area contributed by atoms with E-state index >= 15 is 0 Å². The fourth-order valence-corrected chi connectivity index (χ4v) is 6.73. The van der Waals surface area contributed by atoms with Crippen LogP contribution in [-0.4, -0.2) is 149 Å². The minimum absolute atomic E-state index is 0.0579. The molecule has 4 rings (SSSR count). The summed E-state index contributed by atoms with van der Waals surface area (Å²) in [4.78, 5) is 0. The molecular formula is C27H54N6O10. The number of hydrogen-bond acceptors (Lipinski definition) is 16. The van der Waals surface area contributed by atoms with Crippen molar-refractivity contribution in [2.24, 2.45) is 40.5 Å². The topological polar surface area (TPSA) is 300 Å². The van der Waals surface area contributed by atoms with Crippen LogP contribution in [0.1, 0.15) is 38.5 Å². The fourth-order valence-electron chi connectivity index (χ4n) is 6.73. The highest BCUT2D eigenvalue weighted by Gasteiger charge is 2.51. The van der Waals surface area contributed by atoms with Crippen molar-refractivity contribution in [3.63, 3.8) is 0 Å². The minimum Gasteiger partial charge on any atom is -0.394 e. The Labute approximate surface area is 252 Å². The molecule has 17 N–H and O–H groups in total. The maximum Gasteiger partial charge on any atom is 0.186 e. The monoisotopic (exact) mass is 622 g/mol. The Morgan fingerprint density at radius 1 is 0.837 bits per heavy atom. The Hall–Kier alpha value is -0.640. The molecule has 43 heavy (non-hydrogen) atoms. The van der Waals surface area contributed by atoms with Crippen molar-refractivity contribution in [3.8, 4) is 0 Å². The highest BCUT2D eigenvalue weighted by molar-refractivity contribution is 5.00. The van der Waals surface area contributed by atoms with E-state index in [1.165, 1.54) is 0 Å². The summed E-state index contributed by atoms with van der Waals surface area (Å²) in [5, 5.41) is 66.5. The number of aliphatic hydroxyl groups excluding tert-OH is 6. The summed E-state index contributed by atoms with van der Waals surface area (Å²) >= 11 is 0. The Balaban J connectivity index is 1.51. The van der Waals surface area contributed by atoms with Gasteiger partial charge in [0.2, 0.25) is 0 Å². The van der Waals surface area contributed by atoms with E-state index < -0.39 is 98.2 Å². The molecule has 252 valence electrons. The van der Waals surface area contributed by atoms with E-state index in [1.54, 1.807) is 0 Å². The van der Waals surface area contributed by atoms with E-state index in [4.69, 9.17) is 47.6 Å². The number of rotatable bonds is 13. The first-order valence-corrected chi connectivity index (χ1v) is 15.5. The molecule has 0 amide bonds. The predicted molar refractivity (Wildman–Crippen MR) is 153 cm³/mol. The van der Waals surface area contributed by atoms with E-state index in [9.17, 15) is 30.6 Å². The van der Waals surface area contributed by atoms with E-state index in [0.717, 1.165) is 12.8 Å². The van der Waals surface area contributed by atoms with Crippen molar-refractivity contribution in [1.29, 1.82) is 0 Å². The Bertz CT molecular complexity index is 846. The molecular weight excluding hydrogens is 568 g/mol. The molecule has 0 spiro atoms. The quantitative estimate of drug-likeness (QED) is 0.0911. The van der Waals surface area contributed by atoms with E-state index in [2.05, 4.69) is 5.32 Å². The van der Waals surface area contributed by atoms with Crippen LogP contribution < -0.4 is 34.0 Å². The molecule has 4 fully saturated rings. The van der Waals surface area contributed by atoms with Crippen molar-refractivity contribution in [2.45, 2.75) is 130 Å². The van der Waals surface area contributed by atoms with Crippen LogP contribution in [0.5, 0.6) is 0 Å². The molecule has 4 aliphatic rings. The molecule has 2 aliphatic heterocycles. The SMILES string of the molecule is NCC(O)CC[C@@H]1C[C@H](N)[C@@H](O[C@H]2O[C@H](CN)[C@@H](O)C[C@H]2NCC2CC(N)C2)[C@H](O)[C@H]1O[C@H]1O[C@H](CO)[C@@H](O)[C@H](N)[C@H]1O. The lowest BCUT2D eigenvalue weighted by Gasteiger charge is -2.49. The number of ether oxygens (including phenoxy) is 4. The zero-order chi connectivity index (χ0) is 31.4. The number of nitrogens with one attached hydrogen (secondary N) is 1. The Kier molecular flexibility index (Phi) is 12.9. The van der Waals surface area contributed by atoms with Crippen molar-refractivity contribution in [1.82, 2.24) is 5.32 Å². The standard InChI is InChI=1S/C27H54N6O10/c28-7-14(35)2-1-12-5-15(31)25(23(39)24(12)42-27-22(38)20(32)21(37)19(10-34)41-27)43-26-16(6-17(36)18(8-29)40-26)33-9-11-3-13(30)4-11/h11-27,33-39H,1-10,28-32H2/t11?,12-,13?,14?,15+,16-,17+,18-,19-,20+,21-,22-,23-,24+,25-,26-,27-/m1/s1. The van der Waals surface area contributed by atoms with Crippen LogP contribution in [0.15, 0.2) is 0 Å². The second-order valence-corrected chi connectivity index (χ2v) is 12.8. The lowest BCUT2D eigenvalue weighted by Crippen LogP contribution is -2.66. The molecule has 16 nitrogen and oxygen atoms in total. The first kappa shape index (κ1) is 35.2. The molecule has 0 aromatic rings. The molecule has 2 saturated heterocycles. The molecule has 15 atom stereocenters. The van der Waals surface area contributed by atoms with Crippen LogP contribution in [0.2, 0.25) is 0 Å².